The summed E-state index contributed by atoms with van der Waals surface area (Å²) in [4.78, 5) is 16.7. The maximum Gasteiger partial charge on any atom is 0.257 e. The van der Waals surface area contributed by atoms with Crippen LogP contribution in [0.3, 0.4) is 0 Å². The number of benzene rings is 2. The van der Waals surface area contributed by atoms with Gasteiger partial charge in [0.25, 0.3) is 12.3 Å². The lowest BCUT2D eigenvalue weighted by molar-refractivity contribution is 0.0544. The van der Waals surface area contributed by atoms with E-state index in [1.54, 1.807) is 24.3 Å². The number of amides is 1. The normalized spacial score (nSPS) is 12.9. The van der Waals surface area contributed by atoms with Gasteiger partial charge in [-0.05, 0) is 61.0 Å². The summed E-state index contributed by atoms with van der Waals surface area (Å²) in [5.41, 5.74) is 1.33. The van der Waals surface area contributed by atoms with Crippen LogP contribution in [0.2, 0.25) is 0 Å². The molecular formula is C27H25F3N4O3. The predicted molar refractivity (Wildman–Crippen MR) is 132 cm³/mol. The van der Waals surface area contributed by atoms with Gasteiger partial charge in [0.05, 0.1) is 11.2 Å². The highest BCUT2D eigenvalue weighted by molar-refractivity contribution is 5.96. The number of hydrogen-bond acceptors (Lipinski definition) is 5. The average molecular weight is 511 g/mol. The average Bonchev–Trinajstić information content (AvgIpc) is 3.26. The van der Waals surface area contributed by atoms with Crippen LogP contribution in [-0.4, -0.2) is 49.5 Å². The molecule has 2 aromatic carbocycles. The topological polar surface area (TPSA) is 100 Å². The number of aliphatic hydroxyl groups is 1. The van der Waals surface area contributed by atoms with E-state index in [2.05, 4.69) is 15.4 Å². The molecule has 7 nitrogen and oxygen atoms in total. The number of aromatic nitrogens is 3. The molecule has 2 heterocycles. The Morgan fingerprint density at radius 1 is 1.11 bits per heavy atom. The Balaban J connectivity index is 1.56. The minimum Gasteiger partial charge on any atom is -0.507 e. The highest BCUT2D eigenvalue weighted by atomic mass is 19.3. The van der Waals surface area contributed by atoms with Gasteiger partial charge in [-0.1, -0.05) is 12.1 Å². The summed E-state index contributed by atoms with van der Waals surface area (Å²) < 4.78 is 40.7. The second-order valence-electron chi connectivity index (χ2n) is 8.92. The first-order valence-electron chi connectivity index (χ1n) is 11.5. The van der Waals surface area contributed by atoms with E-state index in [1.165, 1.54) is 55.7 Å². The largest absolute Gasteiger partial charge is 0.507 e. The van der Waals surface area contributed by atoms with Gasteiger partial charge in [0.1, 0.15) is 23.8 Å². The number of carbonyl (C=O) groups excluding carboxylic acids is 1. The van der Waals surface area contributed by atoms with Crippen LogP contribution in [0.5, 0.6) is 5.75 Å². The van der Waals surface area contributed by atoms with Crippen molar-refractivity contribution in [2.24, 2.45) is 0 Å². The molecule has 1 amide bonds. The van der Waals surface area contributed by atoms with Crippen LogP contribution in [0, 0.1) is 5.82 Å². The van der Waals surface area contributed by atoms with Crippen LogP contribution in [0.4, 0.5) is 13.2 Å². The van der Waals surface area contributed by atoms with Gasteiger partial charge in [-0.2, -0.15) is 5.10 Å². The molecule has 0 fully saturated rings. The molecule has 0 aliphatic heterocycles. The molecule has 0 aliphatic rings. The van der Waals surface area contributed by atoms with Crippen molar-refractivity contribution in [1.82, 2.24) is 20.1 Å². The molecule has 0 radical (unpaired) electrons. The molecule has 10 heteroatoms. The van der Waals surface area contributed by atoms with Crippen molar-refractivity contribution in [3.8, 4) is 28.1 Å². The lowest BCUT2D eigenvalue weighted by Gasteiger charge is -2.23. The Labute approximate surface area is 211 Å². The number of nitrogens with one attached hydrogen (secondary N) is 1. The number of nitrogens with zero attached hydrogens (tertiary/aromatic N) is 3. The van der Waals surface area contributed by atoms with Gasteiger partial charge in [0, 0.05) is 42.2 Å². The first kappa shape index (κ1) is 25.9. The molecule has 0 saturated heterocycles. The molecular weight excluding hydrogens is 485 g/mol. The fraction of sp³-hybridized carbons (Fsp3) is 0.222. The zero-order valence-corrected chi connectivity index (χ0v) is 19.9. The van der Waals surface area contributed by atoms with Gasteiger partial charge >= 0.3 is 0 Å². The van der Waals surface area contributed by atoms with E-state index >= 15 is 0 Å². The molecule has 1 atom stereocenters. The van der Waals surface area contributed by atoms with Gasteiger partial charge in [0.15, 0.2) is 0 Å². The van der Waals surface area contributed by atoms with Crippen LogP contribution < -0.4 is 5.32 Å². The number of aromatic hydroxyl groups is 1. The Morgan fingerprint density at radius 2 is 1.84 bits per heavy atom. The van der Waals surface area contributed by atoms with Crippen molar-refractivity contribution in [1.29, 1.82) is 0 Å². The van der Waals surface area contributed by atoms with Crippen molar-refractivity contribution >= 4 is 5.91 Å². The van der Waals surface area contributed by atoms with Crippen molar-refractivity contribution in [2.45, 2.75) is 31.9 Å². The SMILES string of the molecule is CC(O)(CNC(=O)c1ccccc1O)Cc1cc(-c2cn(CC(F)F)nc2-c2ccc(F)cc2)ccn1. The molecule has 0 saturated carbocycles. The number of para-hydroxylation sites is 1. The van der Waals surface area contributed by atoms with E-state index in [4.69, 9.17) is 0 Å². The van der Waals surface area contributed by atoms with Crippen molar-refractivity contribution < 1.29 is 28.2 Å². The molecule has 192 valence electrons. The third kappa shape index (κ3) is 6.53. The number of phenolic OH excluding ortho intramolecular Hbond substituents is 1. The summed E-state index contributed by atoms with van der Waals surface area (Å²) in [6.07, 6.45) is 0.485. The Bertz CT molecular complexity index is 1390. The zero-order chi connectivity index (χ0) is 26.6. The highest BCUT2D eigenvalue weighted by Crippen LogP contribution is 2.32. The van der Waals surface area contributed by atoms with E-state index in [1.807, 2.05) is 0 Å². The first-order chi connectivity index (χ1) is 17.6. The molecule has 0 bridgehead atoms. The predicted octanol–water partition coefficient (Wildman–Crippen LogP) is 4.45. The Hall–Kier alpha value is -4.18. The minimum atomic E-state index is -2.61. The molecule has 2 aromatic heterocycles. The molecule has 4 rings (SSSR count). The minimum absolute atomic E-state index is 0.0684. The van der Waals surface area contributed by atoms with Crippen LogP contribution in [0.1, 0.15) is 23.0 Å². The maximum absolute atomic E-state index is 13.4. The fourth-order valence-corrected chi connectivity index (χ4v) is 3.92. The van der Waals surface area contributed by atoms with E-state index < -0.39 is 30.3 Å². The number of halogens is 3. The van der Waals surface area contributed by atoms with E-state index in [-0.39, 0.29) is 24.3 Å². The lowest BCUT2D eigenvalue weighted by atomic mass is 9.96. The summed E-state index contributed by atoms with van der Waals surface area (Å²) in [7, 11) is 0. The monoisotopic (exact) mass is 510 g/mol. The van der Waals surface area contributed by atoms with Crippen LogP contribution in [0.15, 0.2) is 73.1 Å². The standard InChI is InChI=1S/C27H25F3N4O3/c1-27(37,16-32-26(36)21-4-2-3-5-23(21)35)13-20-12-18(10-11-31-20)22-14-34(15-24(29)30)33-25(22)17-6-8-19(28)9-7-17/h2-12,14,24,35,37H,13,15-16H2,1H3,(H,32,36). The summed E-state index contributed by atoms with van der Waals surface area (Å²) >= 11 is 0. The summed E-state index contributed by atoms with van der Waals surface area (Å²) in [5.74, 6) is -1.13. The van der Waals surface area contributed by atoms with Crippen LogP contribution in [-0.2, 0) is 13.0 Å². The molecule has 1 unspecified atom stereocenters. The smallest absolute Gasteiger partial charge is 0.257 e. The highest BCUT2D eigenvalue weighted by Gasteiger charge is 2.24. The van der Waals surface area contributed by atoms with Crippen molar-refractivity contribution in [2.75, 3.05) is 6.54 Å². The van der Waals surface area contributed by atoms with Gasteiger partial charge < -0.3 is 15.5 Å². The number of pyridine rings is 1. The van der Waals surface area contributed by atoms with E-state index in [0.717, 1.165) is 4.68 Å². The quantitative estimate of drug-likeness (QED) is 0.309. The third-order valence-corrected chi connectivity index (χ3v) is 5.67. The maximum atomic E-state index is 13.4. The van der Waals surface area contributed by atoms with Gasteiger partial charge in [0.2, 0.25) is 0 Å². The Kier molecular flexibility index (Phi) is 7.58. The molecule has 4 aromatic rings. The van der Waals surface area contributed by atoms with E-state index in [9.17, 15) is 28.2 Å². The number of rotatable bonds is 9. The number of phenols is 1. The fourth-order valence-electron chi connectivity index (χ4n) is 3.92. The molecule has 0 spiro atoms. The second kappa shape index (κ2) is 10.8. The van der Waals surface area contributed by atoms with Gasteiger partial charge in [-0.25, -0.2) is 13.2 Å². The molecule has 37 heavy (non-hydrogen) atoms. The van der Waals surface area contributed by atoms with Crippen molar-refractivity contribution in [3.05, 3.63) is 90.1 Å². The van der Waals surface area contributed by atoms with E-state index in [0.29, 0.717) is 28.1 Å². The number of carbonyl (C=O) groups is 1. The first-order valence-corrected chi connectivity index (χ1v) is 11.5. The summed E-state index contributed by atoms with van der Waals surface area (Å²) in [6.45, 7) is 0.827. The summed E-state index contributed by atoms with van der Waals surface area (Å²) in [6, 6.07) is 15.1. The second-order valence-corrected chi connectivity index (χ2v) is 8.92. The summed E-state index contributed by atoms with van der Waals surface area (Å²) in [5, 5.41) is 27.7. The third-order valence-electron chi connectivity index (χ3n) is 5.67. The molecule has 3 N–H and O–H groups in total. The number of alkyl halides is 2. The zero-order valence-electron chi connectivity index (χ0n) is 19.9. The number of hydrogen-bond donors (Lipinski definition) is 3. The molecule has 0 aliphatic carbocycles. The van der Waals surface area contributed by atoms with Crippen LogP contribution in [0.25, 0.3) is 22.4 Å². The van der Waals surface area contributed by atoms with Crippen molar-refractivity contribution in [3.63, 3.8) is 0 Å². The Morgan fingerprint density at radius 3 is 2.54 bits per heavy atom. The lowest BCUT2D eigenvalue weighted by Crippen LogP contribution is -2.42. The van der Waals surface area contributed by atoms with Gasteiger partial charge in [-0.3, -0.25) is 14.5 Å². The van der Waals surface area contributed by atoms with Gasteiger partial charge in [-0.15, -0.1) is 0 Å². The van der Waals surface area contributed by atoms with Crippen LogP contribution >= 0.6 is 0 Å².